The second-order valence-electron chi connectivity index (χ2n) is 9.35. The number of halogens is 3. The second kappa shape index (κ2) is 12.7. The number of aliphatic carboxylic acids is 1. The van der Waals surface area contributed by atoms with Crippen molar-refractivity contribution in [1.29, 1.82) is 0 Å². The number of carboxylic acids is 1. The zero-order valence-corrected chi connectivity index (χ0v) is 23.5. The molecule has 1 heterocycles. The standard InChI is InChI=1S/C30H27Cl3N2O4/c1-2-3-20(12-18-4-6-19(7-5-18)30(39)34-11-10-28(36)37)29(38)27-14-21-13-22(31)8-9-26(21)35(27)25-16-23(32)15-24(33)17-25/h4-9,13-17,20H,2-3,10-12H2,1H3,(H,34,39)(H,36,37). The molecule has 0 fully saturated rings. The van der Waals surface area contributed by atoms with E-state index in [4.69, 9.17) is 39.9 Å². The number of hydrogen-bond donors (Lipinski definition) is 2. The highest BCUT2D eigenvalue weighted by Crippen LogP contribution is 2.32. The number of carbonyl (C=O) groups is 3. The zero-order chi connectivity index (χ0) is 28.1. The Morgan fingerprint density at radius 2 is 1.59 bits per heavy atom. The third-order valence-corrected chi connectivity index (χ3v) is 7.12. The van der Waals surface area contributed by atoms with Crippen LogP contribution in [0.25, 0.3) is 16.6 Å². The van der Waals surface area contributed by atoms with E-state index in [-0.39, 0.29) is 30.6 Å². The normalized spacial score (nSPS) is 11.9. The minimum Gasteiger partial charge on any atom is -0.481 e. The molecule has 0 radical (unpaired) electrons. The van der Waals surface area contributed by atoms with Gasteiger partial charge in [0.25, 0.3) is 5.91 Å². The van der Waals surface area contributed by atoms with Crippen molar-refractivity contribution < 1.29 is 19.5 Å². The van der Waals surface area contributed by atoms with Gasteiger partial charge in [0.2, 0.25) is 0 Å². The lowest BCUT2D eigenvalue weighted by atomic mass is 9.89. The SMILES string of the molecule is CCCC(Cc1ccc(C(=O)NCCC(=O)O)cc1)C(=O)c1cc2cc(Cl)ccc2n1-c1cc(Cl)cc(Cl)c1. The van der Waals surface area contributed by atoms with Crippen molar-refractivity contribution in [2.45, 2.75) is 32.6 Å². The molecule has 0 aliphatic carbocycles. The van der Waals surface area contributed by atoms with Crippen LogP contribution in [0.1, 0.15) is 52.6 Å². The van der Waals surface area contributed by atoms with Crippen molar-refractivity contribution in [3.05, 3.63) is 98.6 Å². The summed E-state index contributed by atoms with van der Waals surface area (Å²) in [6.07, 6.45) is 1.84. The molecule has 39 heavy (non-hydrogen) atoms. The van der Waals surface area contributed by atoms with E-state index >= 15 is 0 Å². The summed E-state index contributed by atoms with van der Waals surface area (Å²) in [5.74, 6) is -1.64. The van der Waals surface area contributed by atoms with Crippen molar-refractivity contribution >= 4 is 63.4 Å². The highest BCUT2D eigenvalue weighted by atomic mass is 35.5. The molecule has 2 N–H and O–H groups in total. The minimum absolute atomic E-state index is 0.0178. The van der Waals surface area contributed by atoms with Gasteiger partial charge in [0.05, 0.1) is 17.6 Å². The van der Waals surface area contributed by atoms with Gasteiger partial charge in [-0.3, -0.25) is 14.4 Å². The van der Waals surface area contributed by atoms with Crippen molar-refractivity contribution in [2.24, 2.45) is 5.92 Å². The highest BCUT2D eigenvalue weighted by molar-refractivity contribution is 6.35. The number of amides is 1. The number of carbonyl (C=O) groups excluding carboxylic acids is 2. The lowest BCUT2D eigenvalue weighted by Gasteiger charge is -2.18. The number of Topliss-reactive ketones (excluding diaryl/α,β-unsaturated/α-hetero) is 1. The Kier molecular flexibility index (Phi) is 9.33. The Morgan fingerprint density at radius 1 is 0.897 bits per heavy atom. The fourth-order valence-corrected chi connectivity index (χ4v) is 5.35. The van der Waals surface area contributed by atoms with E-state index in [0.717, 1.165) is 22.9 Å². The van der Waals surface area contributed by atoms with Gasteiger partial charge in [-0.15, -0.1) is 0 Å². The maximum absolute atomic E-state index is 14.1. The van der Waals surface area contributed by atoms with E-state index < -0.39 is 5.97 Å². The van der Waals surface area contributed by atoms with Crippen LogP contribution in [-0.4, -0.2) is 33.9 Å². The fourth-order valence-electron chi connectivity index (χ4n) is 4.66. The Bertz CT molecular complexity index is 1510. The van der Waals surface area contributed by atoms with Crippen LogP contribution in [0.5, 0.6) is 0 Å². The number of ketones is 1. The number of nitrogens with zero attached hydrogens (tertiary/aromatic N) is 1. The maximum atomic E-state index is 14.1. The van der Waals surface area contributed by atoms with Crippen molar-refractivity contribution in [1.82, 2.24) is 9.88 Å². The predicted molar refractivity (Wildman–Crippen MR) is 156 cm³/mol. The van der Waals surface area contributed by atoms with E-state index in [9.17, 15) is 14.4 Å². The molecule has 0 saturated heterocycles. The van der Waals surface area contributed by atoms with Gasteiger partial charge in [-0.2, -0.15) is 0 Å². The lowest BCUT2D eigenvalue weighted by Crippen LogP contribution is -2.26. The molecule has 9 heteroatoms. The third kappa shape index (κ3) is 7.01. The van der Waals surface area contributed by atoms with Crippen LogP contribution in [0.3, 0.4) is 0 Å². The Hall–Kier alpha value is -3.32. The molecule has 1 amide bonds. The molecule has 1 aromatic heterocycles. The smallest absolute Gasteiger partial charge is 0.305 e. The van der Waals surface area contributed by atoms with Gasteiger partial charge in [-0.25, -0.2) is 0 Å². The molecule has 0 bridgehead atoms. The van der Waals surface area contributed by atoms with Crippen LogP contribution in [0.2, 0.25) is 15.1 Å². The van der Waals surface area contributed by atoms with Crippen LogP contribution in [-0.2, 0) is 11.2 Å². The van der Waals surface area contributed by atoms with Crippen molar-refractivity contribution in [2.75, 3.05) is 6.54 Å². The summed E-state index contributed by atoms with van der Waals surface area (Å²) in [7, 11) is 0. The second-order valence-corrected chi connectivity index (χ2v) is 10.7. The zero-order valence-electron chi connectivity index (χ0n) is 21.2. The summed E-state index contributed by atoms with van der Waals surface area (Å²) >= 11 is 18.9. The number of benzene rings is 3. The monoisotopic (exact) mass is 584 g/mol. The minimum atomic E-state index is -0.974. The molecule has 202 valence electrons. The van der Waals surface area contributed by atoms with Gasteiger partial charge in [0.1, 0.15) is 0 Å². The molecule has 4 aromatic rings. The number of rotatable bonds is 11. The summed E-state index contributed by atoms with van der Waals surface area (Å²) in [4.78, 5) is 37.0. The Labute approximate surface area is 241 Å². The van der Waals surface area contributed by atoms with Gasteiger partial charge < -0.3 is 15.0 Å². The summed E-state index contributed by atoms with van der Waals surface area (Å²) in [6, 6.07) is 19.5. The topological polar surface area (TPSA) is 88.4 Å². The summed E-state index contributed by atoms with van der Waals surface area (Å²) in [5.41, 5.74) is 3.35. The first kappa shape index (κ1) is 28.7. The van der Waals surface area contributed by atoms with E-state index in [2.05, 4.69) is 5.32 Å². The summed E-state index contributed by atoms with van der Waals surface area (Å²) in [5, 5.41) is 13.7. The first-order chi connectivity index (χ1) is 18.7. The van der Waals surface area contributed by atoms with E-state index in [1.807, 2.05) is 41.8 Å². The van der Waals surface area contributed by atoms with Crippen molar-refractivity contribution in [3.8, 4) is 5.69 Å². The van der Waals surface area contributed by atoms with Crippen LogP contribution in [0.4, 0.5) is 0 Å². The molecule has 0 spiro atoms. The number of fused-ring (bicyclic) bond motifs is 1. The van der Waals surface area contributed by atoms with E-state index in [1.165, 1.54) is 0 Å². The highest BCUT2D eigenvalue weighted by Gasteiger charge is 2.25. The average Bonchev–Trinajstić information content (AvgIpc) is 3.26. The molecule has 0 aliphatic rings. The van der Waals surface area contributed by atoms with Crippen molar-refractivity contribution in [3.63, 3.8) is 0 Å². The molecule has 1 unspecified atom stereocenters. The maximum Gasteiger partial charge on any atom is 0.305 e. The van der Waals surface area contributed by atoms with E-state index in [0.29, 0.717) is 44.9 Å². The van der Waals surface area contributed by atoms with Crippen LogP contribution in [0, 0.1) is 5.92 Å². The molecule has 4 rings (SSSR count). The Balaban J connectivity index is 1.64. The number of hydrogen-bond acceptors (Lipinski definition) is 3. The number of nitrogens with one attached hydrogen (secondary N) is 1. The molecular weight excluding hydrogens is 559 g/mol. The number of aromatic nitrogens is 1. The van der Waals surface area contributed by atoms with Crippen LogP contribution in [0.15, 0.2) is 66.7 Å². The van der Waals surface area contributed by atoms with Gasteiger partial charge in [-0.1, -0.05) is 60.3 Å². The predicted octanol–water partition coefficient (Wildman–Crippen LogP) is 7.64. The molecule has 0 saturated carbocycles. The lowest BCUT2D eigenvalue weighted by molar-refractivity contribution is -0.136. The summed E-state index contributed by atoms with van der Waals surface area (Å²) < 4.78 is 1.87. The molecule has 3 aromatic carbocycles. The van der Waals surface area contributed by atoms with Gasteiger partial charge in [-0.05, 0) is 73.0 Å². The molecular formula is C30H27Cl3N2O4. The van der Waals surface area contributed by atoms with E-state index in [1.54, 1.807) is 36.4 Å². The molecule has 6 nitrogen and oxygen atoms in total. The largest absolute Gasteiger partial charge is 0.481 e. The third-order valence-electron chi connectivity index (χ3n) is 6.45. The average molecular weight is 586 g/mol. The molecule has 0 aliphatic heterocycles. The Morgan fingerprint density at radius 3 is 2.23 bits per heavy atom. The first-order valence-corrected chi connectivity index (χ1v) is 13.7. The fraction of sp³-hybridized carbons (Fsp3) is 0.233. The van der Waals surface area contributed by atoms with Crippen LogP contribution < -0.4 is 5.32 Å². The molecule has 1 atom stereocenters. The van der Waals surface area contributed by atoms with Gasteiger partial charge in [0.15, 0.2) is 5.78 Å². The van der Waals surface area contributed by atoms with Gasteiger partial charge >= 0.3 is 5.97 Å². The number of carboxylic acid groups (broad SMARTS) is 1. The van der Waals surface area contributed by atoms with Gasteiger partial charge in [0, 0.05) is 44.2 Å². The first-order valence-electron chi connectivity index (χ1n) is 12.6. The quantitative estimate of drug-likeness (QED) is 0.177. The summed E-state index contributed by atoms with van der Waals surface area (Å²) in [6.45, 7) is 2.09. The van der Waals surface area contributed by atoms with Crippen LogP contribution >= 0.6 is 34.8 Å².